The number of rotatable bonds is 6. The Bertz CT molecular complexity index is 76.8. The molecule has 0 fully saturated rings. The van der Waals surface area contributed by atoms with E-state index in [9.17, 15) is 0 Å². The third kappa shape index (κ3) is 7.70. The first-order chi connectivity index (χ1) is 4.91. The highest BCUT2D eigenvalue weighted by Crippen LogP contribution is 2.02. The second kappa shape index (κ2) is 8.70. The lowest BCUT2D eigenvalue weighted by Crippen LogP contribution is -1.73. The van der Waals surface area contributed by atoms with E-state index in [0.29, 0.717) is 0 Å². The van der Waals surface area contributed by atoms with Crippen LogP contribution in [-0.4, -0.2) is 5.11 Å². The molecular weight excluding hydrogens is 124 g/mol. The maximum Gasteiger partial charge on any atom is 0.102 e. The van der Waals surface area contributed by atoms with Gasteiger partial charge in [0.25, 0.3) is 0 Å². The molecule has 1 radical (unpaired) electrons. The first-order valence-corrected chi connectivity index (χ1v) is 4.04. The SMILES string of the molecule is CCCCCCC=C[CH]O. The highest BCUT2D eigenvalue weighted by molar-refractivity contribution is 4.87. The summed E-state index contributed by atoms with van der Waals surface area (Å²) in [5.41, 5.74) is 0. The first-order valence-electron chi connectivity index (χ1n) is 4.04. The van der Waals surface area contributed by atoms with Gasteiger partial charge in [0, 0.05) is 0 Å². The molecule has 0 aliphatic heterocycles. The summed E-state index contributed by atoms with van der Waals surface area (Å²) in [4.78, 5) is 0. The summed E-state index contributed by atoms with van der Waals surface area (Å²) < 4.78 is 0. The second-order valence-electron chi connectivity index (χ2n) is 2.43. The molecule has 0 unspecified atom stereocenters. The molecule has 0 aromatic carbocycles. The largest absolute Gasteiger partial charge is 0.386 e. The minimum Gasteiger partial charge on any atom is -0.386 e. The van der Waals surface area contributed by atoms with Crippen LogP contribution >= 0.6 is 0 Å². The topological polar surface area (TPSA) is 20.2 Å². The fraction of sp³-hybridized carbons (Fsp3) is 0.667. The minimum atomic E-state index is 1.08. The number of aliphatic hydroxyl groups excluding tert-OH is 1. The third-order valence-electron chi connectivity index (χ3n) is 1.45. The lowest BCUT2D eigenvalue weighted by molar-refractivity contribution is 0.420. The Morgan fingerprint density at radius 3 is 2.60 bits per heavy atom. The third-order valence-corrected chi connectivity index (χ3v) is 1.45. The summed E-state index contributed by atoms with van der Waals surface area (Å²) >= 11 is 0. The molecule has 1 heteroatoms. The molecule has 1 N–H and O–H groups in total. The van der Waals surface area contributed by atoms with Crippen LogP contribution < -0.4 is 0 Å². The average molecular weight is 141 g/mol. The molecule has 0 aliphatic rings. The summed E-state index contributed by atoms with van der Waals surface area (Å²) in [7, 11) is 0. The van der Waals surface area contributed by atoms with Gasteiger partial charge in [0.2, 0.25) is 0 Å². The van der Waals surface area contributed by atoms with Crippen molar-refractivity contribution in [1.29, 1.82) is 0 Å². The van der Waals surface area contributed by atoms with Gasteiger partial charge in [0.05, 0.1) is 0 Å². The van der Waals surface area contributed by atoms with Crippen molar-refractivity contribution < 1.29 is 5.11 Å². The van der Waals surface area contributed by atoms with Gasteiger partial charge in [-0.25, -0.2) is 0 Å². The van der Waals surface area contributed by atoms with Crippen LogP contribution in [0.5, 0.6) is 0 Å². The van der Waals surface area contributed by atoms with Crippen LogP contribution in [0.25, 0.3) is 0 Å². The molecule has 0 saturated carbocycles. The number of hydrogen-bond acceptors (Lipinski definition) is 1. The van der Waals surface area contributed by atoms with Crippen LogP contribution in [0.1, 0.15) is 39.0 Å². The highest BCUT2D eigenvalue weighted by atomic mass is 16.2. The van der Waals surface area contributed by atoms with Crippen LogP contribution in [0.2, 0.25) is 0 Å². The van der Waals surface area contributed by atoms with Crippen LogP contribution in [-0.2, 0) is 0 Å². The van der Waals surface area contributed by atoms with E-state index in [1.165, 1.54) is 25.7 Å². The molecular formula is C9H17O. The fourth-order valence-electron chi connectivity index (χ4n) is 0.846. The van der Waals surface area contributed by atoms with Gasteiger partial charge in [-0.2, -0.15) is 0 Å². The summed E-state index contributed by atoms with van der Waals surface area (Å²) in [5.74, 6) is 0. The fourth-order valence-corrected chi connectivity index (χ4v) is 0.846. The zero-order valence-electron chi connectivity index (χ0n) is 6.71. The van der Waals surface area contributed by atoms with Crippen molar-refractivity contribution in [3.8, 4) is 0 Å². The number of hydrogen-bond donors (Lipinski definition) is 1. The van der Waals surface area contributed by atoms with E-state index in [1.807, 2.05) is 6.08 Å². The monoisotopic (exact) mass is 141 g/mol. The normalized spacial score (nSPS) is 11.0. The quantitative estimate of drug-likeness (QED) is 0.564. The highest BCUT2D eigenvalue weighted by Gasteiger charge is 1.83. The number of allylic oxidation sites excluding steroid dienone is 1. The minimum absolute atomic E-state index is 1.08. The maximum absolute atomic E-state index is 8.26. The molecule has 0 bridgehead atoms. The molecule has 0 aliphatic carbocycles. The Balaban J connectivity index is 2.83. The van der Waals surface area contributed by atoms with Crippen molar-refractivity contribution in [3.63, 3.8) is 0 Å². The lowest BCUT2D eigenvalue weighted by Gasteiger charge is -1.92. The van der Waals surface area contributed by atoms with Crippen LogP contribution in [0.4, 0.5) is 0 Å². The number of unbranched alkanes of at least 4 members (excludes halogenated alkanes) is 4. The molecule has 0 amide bonds. The summed E-state index contributed by atoms with van der Waals surface area (Å²) in [6.45, 7) is 3.29. The van der Waals surface area contributed by atoms with Gasteiger partial charge in [-0.3, -0.25) is 0 Å². The van der Waals surface area contributed by atoms with Crippen LogP contribution in [0.3, 0.4) is 0 Å². The van der Waals surface area contributed by atoms with E-state index in [1.54, 1.807) is 6.08 Å². The van der Waals surface area contributed by atoms with Crippen molar-refractivity contribution in [2.24, 2.45) is 0 Å². The Morgan fingerprint density at radius 1 is 1.20 bits per heavy atom. The first kappa shape index (κ1) is 9.70. The zero-order valence-corrected chi connectivity index (χ0v) is 6.71. The molecule has 0 saturated heterocycles. The summed E-state index contributed by atoms with van der Waals surface area (Å²) in [5, 5.41) is 8.26. The standard InChI is InChI=1S/C9H17O/c1-2-3-4-5-6-7-8-9-10/h7-10H,2-6H2,1H3. The van der Waals surface area contributed by atoms with Gasteiger partial charge < -0.3 is 5.11 Å². The van der Waals surface area contributed by atoms with Crippen molar-refractivity contribution in [3.05, 3.63) is 18.8 Å². The molecule has 0 aromatic heterocycles. The Morgan fingerprint density at radius 2 is 2.00 bits per heavy atom. The van der Waals surface area contributed by atoms with Gasteiger partial charge in [-0.15, -0.1) is 0 Å². The van der Waals surface area contributed by atoms with Crippen molar-refractivity contribution >= 4 is 0 Å². The summed E-state index contributed by atoms with van der Waals surface area (Å²) in [6.07, 6.45) is 9.95. The maximum atomic E-state index is 8.26. The van der Waals surface area contributed by atoms with E-state index in [0.717, 1.165) is 13.0 Å². The van der Waals surface area contributed by atoms with E-state index >= 15 is 0 Å². The molecule has 0 spiro atoms. The average Bonchev–Trinajstić information content (AvgIpc) is 1.97. The smallest absolute Gasteiger partial charge is 0.102 e. The van der Waals surface area contributed by atoms with Crippen molar-refractivity contribution in [2.45, 2.75) is 39.0 Å². The number of aliphatic hydroxyl groups is 1. The van der Waals surface area contributed by atoms with Gasteiger partial charge in [0.1, 0.15) is 6.61 Å². The molecule has 0 aromatic rings. The molecule has 0 rings (SSSR count). The van der Waals surface area contributed by atoms with E-state index in [4.69, 9.17) is 5.11 Å². The zero-order chi connectivity index (χ0) is 7.66. The second-order valence-corrected chi connectivity index (χ2v) is 2.43. The van der Waals surface area contributed by atoms with E-state index < -0.39 is 0 Å². The van der Waals surface area contributed by atoms with Gasteiger partial charge >= 0.3 is 0 Å². The van der Waals surface area contributed by atoms with Gasteiger partial charge in [0.15, 0.2) is 0 Å². The van der Waals surface area contributed by atoms with Gasteiger partial charge in [-0.1, -0.05) is 38.3 Å². The van der Waals surface area contributed by atoms with Crippen molar-refractivity contribution in [1.82, 2.24) is 0 Å². The Kier molecular flexibility index (Phi) is 8.44. The van der Waals surface area contributed by atoms with E-state index in [-0.39, 0.29) is 0 Å². The lowest BCUT2D eigenvalue weighted by atomic mass is 10.1. The van der Waals surface area contributed by atoms with Crippen LogP contribution in [0.15, 0.2) is 12.2 Å². The van der Waals surface area contributed by atoms with E-state index in [2.05, 4.69) is 6.92 Å². The summed E-state index contributed by atoms with van der Waals surface area (Å²) in [6, 6.07) is 0. The predicted octanol–water partition coefficient (Wildman–Crippen LogP) is 3.05. The van der Waals surface area contributed by atoms with Crippen LogP contribution in [0, 0.1) is 6.61 Å². The Labute approximate surface area is 63.8 Å². The molecule has 59 valence electrons. The molecule has 10 heavy (non-hydrogen) atoms. The molecule has 1 nitrogen and oxygen atoms in total. The predicted molar refractivity (Wildman–Crippen MR) is 44.1 cm³/mol. The Hall–Kier alpha value is -0.300. The van der Waals surface area contributed by atoms with Crippen molar-refractivity contribution in [2.75, 3.05) is 0 Å². The molecule has 0 heterocycles. The molecule has 0 atom stereocenters. The van der Waals surface area contributed by atoms with Gasteiger partial charge in [-0.05, 0) is 12.8 Å².